The van der Waals surface area contributed by atoms with Crippen LogP contribution in [0.15, 0.2) is 12.1 Å². The Morgan fingerprint density at radius 1 is 1.17 bits per heavy atom. The molecule has 1 aliphatic rings. The van der Waals surface area contributed by atoms with Crippen LogP contribution in [0.4, 0.5) is 8.78 Å². The Kier molecular flexibility index (Phi) is 4.49. The average molecular weight is 257 g/mol. The van der Waals surface area contributed by atoms with Crippen LogP contribution in [0.2, 0.25) is 0 Å². The topological polar surface area (TPSA) is 32.7 Å². The van der Waals surface area contributed by atoms with E-state index in [4.69, 9.17) is 4.74 Å². The number of phenolic OH excluding ortho intramolecular Hbond substituents is 1. The lowest BCUT2D eigenvalue weighted by Crippen LogP contribution is -2.36. The van der Waals surface area contributed by atoms with Crippen LogP contribution in [0.1, 0.15) is 12.0 Å². The normalized spacial score (nSPS) is 17.0. The monoisotopic (exact) mass is 257 g/mol. The predicted molar refractivity (Wildman–Crippen MR) is 63.6 cm³/mol. The molecule has 0 atom stereocenters. The van der Waals surface area contributed by atoms with Gasteiger partial charge in [-0.1, -0.05) is 0 Å². The van der Waals surface area contributed by atoms with Crippen LogP contribution in [0.25, 0.3) is 0 Å². The summed E-state index contributed by atoms with van der Waals surface area (Å²) in [6, 6.07) is 2.00. The molecule has 0 spiro atoms. The van der Waals surface area contributed by atoms with Gasteiger partial charge in [-0.3, -0.25) is 4.90 Å². The van der Waals surface area contributed by atoms with Crippen LogP contribution >= 0.6 is 0 Å². The number of halogens is 2. The van der Waals surface area contributed by atoms with Crippen molar-refractivity contribution in [2.45, 2.75) is 12.8 Å². The summed E-state index contributed by atoms with van der Waals surface area (Å²) in [6.07, 6.45) is 1.03. The molecule has 1 aliphatic heterocycles. The van der Waals surface area contributed by atoms with E-state index < -0.39 is 17.4 Å². The first-order valence-corrected chi connectivity index (χ1v) is 6.14. The standard InChI is InChI=1S/C13H17F2NO2/c14-11-3-4-12(15)13(17)10(11)2-1-5-16-6-8-18-9-7-16/h3-4,17H,1-2,5-9H2. The third-order valence-corrected chi connectivity index (χ3v) is 3.18. The molecule has 1 saturated heterocycles. The Morgan fingerprint density at radius 3 is 2.56 bits per heavy atom. The maximum Gasteiger partial charge on any atom is 0.165 e. The lowest BCUT2D eigenvalue weighted by Gasteiger charge is -2.26. The number of aromatic hydroxyl groups is 1. The van der Waals surface area contributed by atoms with Crippen molar-refractivity contribution in [3.63, 3.8) is 0 Å². The molecule has 18 heavy (non-hydrogen) atoms. The SMILES string of the molecule is Oc1c(F)ccc(F)c1CCCN1CCOCC1. The molecule has 2 rings (SSSR count). The van der Waals surface area contributed by atoms with Gasteiger partial charge in [0, 0.05) is 18.7 Å². The molecule has 1 N–H and O–H groups in total. The van der Waals surface area contributed by atoms with Gasteiger partial charge in [-0.05, 0) is 31.5 Å². The first kappa shape index (κ1) is 13.2. The lowest BCUT2D eigenvalue weighted by atomic mass is 10.1. The number of hydrogen-bond acceptors (Lipinski definition) is 3. The summed E-state index contributed by atoms with van der Waals surface area (Å²) in [5.74, 6) is -1.87. The quantitative estimate of drug-likeness (QED) is 0.894. The van der Waals surface area contributed by atoms with Crippen LogP contribution in [0.5, 0.6) is 5.75 Å². The second-order valence-electron chi connectivity index (χ2n) is 4.41. The van der Waals surface area contributed by atoms with Crippen LogP contribution in [0, 0.1) is 11.6 Å². The number of morpholine rings is 1. The number of rotatable bonds is 4. The van der Waals surface area contributed by atoms with E-state index in [-0.39, 0.29) is 5.56 Å². The minimum atomic E-state index is -0.766. The van der Waals surface area contributed by atoms with Crippen molar-refractivity contribution in [2.75, 3.05) is 32.8 Å². The van der Waals surface area contributed by atoms with Gasteiger partial charge in [0.15, 0.2) is 11.6 Å². The van der Waals surface area contributed by atoms with Crippen molar-refractivity contribution in [3.05, 3.63) is 29.3 Å². The van der Waals surface area contributed by atoms with Gasteiger partial charge in [-0.2, -0.15) is 0 Å². The Balaban J connectivity index is 1.88. The first-order chi connectivity index (χ1) is 8.68. The van der Waals surface area contributed by atoms with E-state index in [1.54, 1.807) is 0 Å². The van der Waals surface area contributed by atoms with Gasteiger partial charge in [0.1, 0.15) is 5.82 Å². The van der Waals surface area contributed by atoms with Crippen LogP contribution < -0.4 is 0 Å². The van der Waals surface area contributed by atoms with Gasteiger partial charge in [-0.15, -0.1) is 0 Å². The summed E-state index contributed by atoms with van der Waals surface area (Å²) in [7, 11) is 0. The van der Waals surface area contributed by atoms with E-state index in [2.05, 4.69) is 4.90 Å². The number of hydrogen-bond donors (Lipinski definition) is 1. The van der Waals surface area contributed by atoms with Crippen molar-refractivity contribution >= 4 is 0 Å². The molecular formula is C13H17F2NO2. The molecule has 0 unspecified atom stereocenters. The molecule has 100 valence electrons. The highest BCUT2D eigenvalue weighted by Crippen LogP contribution is 2.25. The molecule has 0 amide bonds. The molecule has 0 saturated carbocycles. The third-order valence-electron chi connectivity index (χ3n) is 3.18. The van der Waals surface area contributed by atoms with E-state index >= 15 is 0 Å². The maximum absolute atomic E-state index is 13.4. The van der Waals surface area contributed by atoms with Gasteiger partial charge < -0.3 is 9.84 Å². The molecule has 1 fully saturated rings. The number of ether oxygens (including phenoxy) is 1. The van der Waals surface area contributed by atoms with E-state index in [0.717, 1.165) is 45.0 Å². The second kappa shape index (κ2) is 6.11. The predicted octanol–water partition coefficient (Wildman–Crippen LogP) is 1.94. The average Bonchev–Trinajstić information content (AvgIpc) is 2.39. The Morgan fingerprint density at radius 2 is 1.83 bits per heavy atom. The van der Waals surface area contributed by atoms with E-state index in [1.165, 1.54) is 0 Å². The molecule has 5 heteroatoms. The number of nitrogens with zero attached hydrogens (tertiary/aromatic N) is 1. The van der Waals surface area contributed by atoms with E-state index in [0.29, 0.717) is 12.8 Å². The fourth-order valence-corrected chi connectivity index (χ4v) is 2.13. The first-order valence-electron chi connectivity index (χ1n) is 6.14. The molecule has 0 radical (unpaired) electrons. The Bertz CT molecular complexity index is 406. The summed E-state index contributed by atoms with van der Waals surface area (Å²) in [5.41, 5.74) is 0.0725. The van der Waals surface area contributed by atoms with Gasteiger partial charge in [0.25, 0.3) is 0 Å². The summed E-state index contributed by atoms with van der Waals surface area (Å²) >= 11 is 0. The van der Waals surface area contributed by atoms with Gasteiger partial charge >= 0.3 is 0 Å². The fraction of sp³-hybridized carbons (Fsp3) is 0.538. The highest BCUT2D eigenvalue weighted by atomic mass is 19.1. The van der Waals surface area contributed by atoms with Gasteiger partial charge in [0.2, 0.25) is 0 Å². The molecule has 1 aromatic carbocycles. The summed E-state index contributed by atoms with van der Waals surface area (Å²) in [5, 5.41) is 9.47. The minimum absolute atomic E-state index is 0.0725. The second-order valence-corrected chi connectivity index (χ2v) is 4.41. The summed E-state index contributed by atoms with van der Waals surface area (Å²) < 4.78 is 31.8. The van der Waals surface area contributed by atoms with Crippen molar-refractivity contribution in [1.29, 1.82) is 0 Å². The smallest absolute Gasteiger partial charge is 0.165 e. The number of benzene rings is 1. The zero-order chi connectivity index (χ0) is 13.0. The molecule has 0 aliphatic carbocycles. The fourth-order valence-electron chi connectivity index (χ4n) is 2.13. The summed E-state index contributed by atoms with van der Waals surface area (Å²) in [6.45, 7) is 3.99. The molecule has 1 heterocycles. The van der Waals surface area contributed by atoms with Crippen molar-refractivity contribution in [3.8, 4) is 5.75 Å². The Labute approximate surface area is 105 Å². The highest BCUT2D eigenvalue weighted by molar-refractivity contribution is 5.34. The molecule has 0 aromatic heterocycles. The summed E-state index contributed by atoms with van der Waals surface area (Å²) in [4.78, 5) is 2.22. The zero-order valence-electron chi connectivity index (χ0n) is 10.2. The van der Waals surface area contributed by atoms with E-state index in [1.807, 2.05) is 0 Å². The minimum Gasteiger partial charge on any atom is -0.505 e. The van der Waals surface area contributed by atoms with Crippen molar-refractivity contribution in [2.24, 2.45) is 0 Å². The lowest BCUT2D eigenvalue weighted by molar-refractivity contribution is 0.0374. The van der Waals surface area contributed by atoms with Crippen molar-refractivity contribution < 1.29 is 18.6 Å². The maximum atomic E-state index is 13.4. The third kappa shape index (κ3) is 3.17. The molecule has 3 nitrogen and oxygen atoms in total. The van der Waals surface area contributed by atoms with Crippen LogP contribution in [0.3, 0.4) is 0 Å². The van der Waals surface area contributed by atoms with Crippen molar-refractivity contribution in [1.82, 2.24) is 4.90 Å². The molecular weight excluding hydrogens is 240 g/mol. The van der Waals surface area contributed by atoms with Gasteiger partial charge in [-0.25, -0.2) is 8.78 Å². The molecule has 0 bridgehead atoms. The van der Waals surface area contributed by atoms with Gasteiger partial charge in [0.05, 0.1) is 13.2 Å². The van der Waals surface area contributed by atoms with E-state index in [9.17, 15) is 13.9 Å². The molecule has 1 aromatic rings. The van der Waals surface area contributed by atoms with Crippen LogP contribution in [-0.2, 0) is 11.2 Å². The largest absolute Gasteiger partial charge is 0.505 e. The van der Waals surface area contributed by atoms with Crippen LogP contribution in [-0.4, -0.2) is 42.9 Å². The Hall–Kier alpha value is -1.20. The number of phenols is 1. The highest BCUT2D eigenvalue weighted by Gasteiger charge is 2.14. The zero-order valence-corrected chi connectivity index (χ0v) is 10.2.